The van der Waals surface area contributed by atoms with Gasteiger partial charge in [-0.25, -0.2) is 4.79 Å². The normalized spacial score (nSPS) is 11.2. The number of carbonyl (C=O) groups excluding carboxylic acids is 7. The first-order valence-electron chi connectivity index (χ1n) is 35.9. The third-order valence-corrected chi connectivity index (χ3v) is 18.4. The fraction of sp³-hybridized carbons (Fsp3) is 0.169. The number of rotatable bonds is 22. The maximum absolute atomic E-state index is 12.0. The largest absolute Gasteiger partial charge is 0.469 e. The molecule has 0 aliphatic heterocycles. The summed E-state index contributed by atoms with van der Waals surface area (Å²) < 4.78 is 12.8. The molecule has 0 spiro atoms. The molecule has 119 heavy (non-hydrogen) atoms. The van der Waals surface area contributed by atoms with Crippen LogP contribution < -0.4 is 34.0 Å². The average molecular weight is 2400 g/mol. The Morgan fingerprint density at radius 2 is 0.773 bits per heavy atom. The van der Waals surface area contributed by atoms with Gasteiger partial charge < -0.3 is 96.1 Å². The number of aromatic amines is 5. The number of hydrogen-bond donors (Lipinski definition) is 12. The van der Waals surface area contributed by atoms with Crippen LogP contribution in [-0.2, 0) is 37.6 Å². The molecule has 3 atom stereocenters. The molecule has 5 amide bonds. The van der Waals surface area contributed by atoms with E-state index < -0.39 is 35.5 Å². The molecule has 3 unspecified atom stereocenters. The van der Waals surface area contributed by atoms with Crippen LogP contribution in [-0.4, -0.2) is 108 Å². The van der Waals surface area contributed by atoms with Crippen molar-refractivity contribution >= 4 is 265 Å². The van der Waals surface area contributed by atoms with E-state index in [1.54, 1.807) is 31.2 Å². The van der Waals surface area contributed by atoms with Gasteiger partial charge in [0.25, 0.3) is 29.5 Å². The monoisotopic (exact) mass is 2400 g/mol. The van der Waals surface area contributed by atoms with Gasteiger partial charge in [0.15, 0.2) is 0 Å². The first-order valence-corrected chi connectivity index (χ1v) is 45.0. The number of nitrogens with one attached hydrogen (secondary N) is 6. The number of fused-ring (bicyclic) bond motifs is 5. The standard InChI is InChI=1S/C20H18N2O3.C19H21N3O.C19H18N2O3.C18H18N2O2.C9H7BrN2O.CHI3.CH2I2.CH2I.CH4.ClH.V/c1-2-25-19(23)12-16(13-6-4-3-5-7-13)14-8-9-17-15(10-14)11-18(22-17)20(21)24;1-21-10-9-16(13-5-3-2-4-6-13)14-7-8-17-15(11-14)12-18(22-17)19(20)23;1-24-18(22)11-15(12-5-3-2-4-6-12)13-7-8-16-14(9-13)10-17(21-16)19(20)23;19-18(22)17-11-14-10-13(6-7-16(14)20-17)15(8-9-21)12-4-2-1-3-5-12;10-6-1-2-7-5(3-6)4-8(12-7)9(11)13;2-1(3)4;2-1-3;1-2;;;/h3-12,22H,2H2,1H3,(H2,21,24);2-8,11-12,16,21-22H,9-10H2,1H3,(H2,20,23);2-10,15,21H,11H2,1H3,(H2,20,23);1-7,10-11,15,20-21H,8-9H2,(H2,19,22);1-4,12H,(H2,11,13);1H;1H2;1H2;1H4;1H;/q;;;;;;;-1;;;/b16-12-;;;;;;;;;;. The first-order chi connectivity index (χ1) is 55.8. The molecule has 0 saturated heterocycles. The van der Waals surface area contributed by atoms with E-state index in [4.69, 9.17) is 38.1 Å². The van der Waals surface area contributed by atoms with Crippen LogP contribution in [0.2, 0.25) is 0 Å². The minimum atomic E-state index is -0.511. The molecule has 625 valence electrons. The fourth-order valence-corrected chi connectivity index (χ4v) is 13.0. The molecule has 0 fully saturated rings. The van der Waals surface area contributed by atoms with Gasteiger partial charge in [-0.1, -0.05) is 282 Å². The zero-order valence-electron chi connectivity index (χ0n) is 64.1. The van der Waals surface area contributed by atoms with E-state index in [2.05, 4.69) is 213 Å². The Morgan fingerprint density at radius 3 is 1.11 bits per heavy atom. The molecule has 14 rings (SSSR count). The summed E-state index contributed by atoms with van der Waals surface area (Å²) in [7, 11) is 3.36. The molecule has 14 aromatic rings. The molecule has 9 aromatic carbocycles. The Morgan fingerprint density at radius 1 is 0.462 bits per heavy atom. The van der Waals surface area contributed by atoms with Gasteiger partial charge in [0, 0.05) is 108 Å². The van der Waals surface area contributed by atoms with Crippen molar-refractivity contribution in [3.8, 4) is 0 Å². The van der Waals surface area contributed by atoms with Crippen molar-refractivity contribution in [1.82, 2.24) is 30.2 Å². The summed E-state index contributed by atoms with van der Waals surface area (Å²) in [5.74, 6) is -2.68. The number of aliphatic hydroxyl groups is 1. The number of nitrogens with two attached hydrogens (primary N) is 5. The van der Waals surface area contributed by atoms with Gasteiger partial charge in [-0.15, -0.1) is 12.4 Å². The van der Waals surface area contributed by atoms with Crippen LogP contribution in [0.15, 0.2) is 253 Å². The second kappa shape index (κ2) is 54.0. The Balaban J connectivity index is 0.000000306. The van der Waals surface area contributed by atoms with Crippen molar-refractivity contribution in [2.45, 2.75) is 51.3 Å². The number of alkyl halides is 5. The number of carbonyl (C=O) groups is 7. The number of amides is 5. The van der Waals surface area contributed by atoms with Crippen LogP contribution >= 0.6 is 164 Å². The zero-order valence-corrected chi connectivity index (χ0v) is 80.9. The summed E-state index contributed by atoms with van der Waals surface area (Å²) in [6.07, 6.45) is 3.41. The molecular weight excluding hydrogens is 2310 g/mol. The number of methoxy groups -OCH3 is 1. The summed E-state index contributed by atoms with van der Waals surface area (Å²) >= 11 is 16.7. The van der Waals surface area contributed by atoms with Crippen molar-refractivity contribution < 1.29 is 66.7 Å². The average Bonchev–Trinajstić information content (AvgIpc) is 1.70. The van der Waals surface area contributed by atoms with Gasteiger partial charge >= 0.3 is 11.9 Å². The Labute approximate surface area is 800 Å². The number of benzene rings is 9. The minimum absolute atomic E-state index is 0. The SMILES string of the molecule is C.CCOC(=O)/C=C(/c1ccccc1)c1ccc2[nH]c(C(N)=O)cc2c1.CNCCC(c1ccccc1)c1ccc2[nH]c(C(N)=O)cc2c1.COC(=O)CC(c1ccccc1)c1ccc2[nH]c(C(N)=O)cc2c1.Cl.IC(I)I.ICI.NC(=O)c1cc2cc(Br)ccc2[nH]1.NC(=O)c1cc2cc(C(CCO)c3ccccc3)ccc2[nH]1.[CH2-]I.[V]. The Hall–Kier alpha value is -7.64. The van der Waals surface area contributed by atoms with Gasteiger partial charge in [0.2, 0.25) is 0 Å². The predicted molar refractivity (Wildman–Crippen MR) is 536 cm³/mol. The van der Waals surface area contributed by atoms with E-state index in [1.807, 2.05) is 199 Å². The van der Waals surface area contributed by atoms with Crippen LogP contribution in [0.4, 0.5) is 0 Å². The van der Waals surface area contributed by atoms with Crippen LogP contribution in [0.1, 0.15) is 148 Å². The molecule has 0 aliphatic rings. The summed E-state index contributed by atoms with van der Waals surface area (Å²) in [5, 5.41) is 17.3. The Bertz CT molecular complexity index is 5600. The van der Waals surface area contributed by atoms with Crippen molar-refractivity contribution in [2.24, 2.45) is 28.7 Å². The van der Waals surface area contributed by atoms with Crippen molar-refractivity contribution in [3.05, 3.63) is 331 Å². The van der Waals surface area contributed by atoms with Gasteiger partial charge in [0.1, 0.15) is 28.4 Å². The molecule has 21 nitrogen and oxygen atoms in total. The second-order valence-electron chi connectivity index (χ2n) is 25.4. The van der Waals surface area contributed by atoms with Crippen LogP contribution in [0.25, 0.3) is 60.1 Å². The van der Waals surface area contributed by atoms with Gasteiger partial charge in [-0.3, -0.25) is 33.7 Å². The van der Waals surface area contributed by atoms with E-state index in [0.717, 1.165) is 105 Å². The molecule has 30 heteroatoms. The maximum Gasteiger partial charge on any atom is 0.331 e. The summed E-state index contributed by atoms with van der Waals surface area (Å²) in [6, 6.07) is 78.3. The zero-order chi connectivity index (χ0) is 84.4. The Kier molecular flexibility index (Phi) is 47.1. The van der Waals surface area contributed by atoms with Crippen molar-refractivity contribution in [1.29, 1.82) is 0 Å². The third-order valence-electron chi connectivity index (χ3n) is 17.9. The van der Waals surface area contributed by atoms with Gasteiger partial charge in [-0.05, 0) is 181 Å². The number of H-pyrrole nitrogens is 5. The molecular formula is C89H92BrClI6N11O10V-. The molecule has 5 aromatic heterocycles. The van der Waals surface area contributed by atoms with Crippen LogP contribution in [0.5, 0.6) is 0 Å². The van der Waals surface area contributed by atoms with Crippen molar-refractivity contribution in [3.63, 3.8) is 0 Å². The smallest absolute Gasteiger partial charge is 0.331 e. The number of aliphatic hydroxyl groups excluding tert-OH is 1. The molecule has 17 N–H and O–H groups in total. The van der Waals surface area contributed by atoms with Crippen LogP contribution in [0.3, 0.4) is 0 Å². The topological polar surface area (TPSA) is 379 Å². The molecule has 0 aliphatic carbocycles. The first kappa shape index (κ1) is 104. The van der Waals surface area contributed by atoms with Gasteiger partial charge in [-0.2, -0.15) is 0 Å². The third kappa shape index (κ3) is 32.0. The van der Waals surface area contributed by atoms with E-state index in [9.17, 15) is 38.7 Å². The van der Waals surface area contributed by atoms with Gasteiger partial charge in [0.05, 0.1) is 22.6 Å². The summed E-state index contributed by atoms with van der Waals surface area (Å²) in [4.78, 5) is 98.1. The molecule has 0 bridgehead atoms. The number of primary amides is 5. The number of aromatic nitrogens is 5. The maximum atomic E-state index is 12.0. The molecule has 1 radical (unpaired) electrons. The quantitative estimate of drug-likeness (QED) is 0.00994. The van der Waals surface area contributed by atoms with Crippen LogP contribution in [0, 0.1) is 4.93 Å². The minimum Gasteiger partial charge on any atom is -0.469 e. The number of esters is 2. The van der Waals surface area contributed by atoms with Crippen molar-refractivity contribution in [2.75, 3.05) is 36.4 Å². The van der Waals surface area contributed by atoms with E-state index in [-0.39, 0.29) is 69.2 Å². The second-order valence-corrected chi connectivity index (χ2v) is 41.7. The molecule has 5 heterocycles. The fourth-order valence-electron chi connectivity index (χ4n) is 12.6. The van der Waals surface area contributed by atoms with E-state index >= 15 is 0 Å². The predicted octanol–water partition coefficient (Wildman–Crippen LogP) is 20.7. The van der Waals surface area contributed by atoms with E-state index in [0.29, 0.717) is 47.4 Å². The molecule has 0 saturated carbocycles. The number of halogens is 8. The summed E-state index contributed by atoms with van der Waals surface area (Å²) in [5.41, 5.74) is 42.2. The summed E-state index contributed by atoms with van der Waals surface area (Å²) in [6.45, 7) is 3.15. The van der Waals surface area contributed by atoms with E-state index in [1.165, 1.54) is 32.3 Å². The number of hydrogen-bond acceptors (Lipinski definition) is 11. The number of ether oxygens (including phenoxy) is 2.